The standard InChI is InChI=1S/C25H23N3O3S2/c1-2-16-10-13-20-21(14-16)33-23-22(20)24(29)27(18-6-4-3-5-7-18)25(26-23)32-15-17-8-11-19(12-9-17)28(30)31/h3-9,11-12,16H,2,10,13-15H2,1H3/t16-/m1/s1. The van der Waals surface area contributed by atoms with Gasteiger partial charge in [0.2, 0.25) is 0 Å². The summed E-state index contributed by atoms with van der Waals surface area (Å²) in [5.41, 5.74) is 2.98. The van der Waals surface area contributed by atoms with Crippen molar-refractivity contribution in [1.29, 1.82) is 0 Å². The second kappa shape index (κ2) is 9.11. The van der Waals surface area contributed by atoms with Gasteiger partial charge in [-0.3, -0.25) is 19.5 Å². The molecule has 5 rings (SSSR count). The number of thioether (sulfide) groups is 1. The van der Waals surface area contributed by atoms with Gasteiger partial charge in [0.05, 0.1) is 16.0 Å². The summed E-state index contributed by atoms with van der Waals surface area (Å²) in [4.78, 5) is 31.4. The van der Waals surface area contributed by atoms with E-state index < -0.39 is 4.92 Å². The monoisotopic (exact) mass is 477 g/mol. The van der Waals surface area contributed by atoms with Gasteiger partial charge in [-0.05, 0) is 48.4 Å². The fourth-order valence-corrected chi connectivity index (χ4v) is 6.73. The first-order valence-electron chi connectivity index (χ1n) is 11.0. The van der Waals surface area contributed by atoms with E-state index in [9.17, 15) is 14.9 Å². The van der Waals surface area contributed by atoms with Gasteiger partial charge in [0.1, 0.15) is 4.83 Å². The number of nitro benzene ring substituents is 1. The minimum absolute atomic E-state index is 0.00940. The highest BCUT2D eigenvalue weighted by Crippen LogP contribution is 2.38. The van der Waals surface area contributed by atoms with E-state index in [1.54, 1.807) is 28.0 Å². The molecule has 8 heteroatoms. The summed E-state index contributed by atoms with van der Waals surface area (Å²) in [5.74, 6) is 1.24. The van der Waals surface area contributed by atoms with Crippen LogP contribution in [0, 0.1) is 16.0 Å². The highest BCUT2D eigenvalue weighted by atomic mass is 32.2. The average molecular weight is 478 g/mol. The maximum absolute atomic E-state index is 13.8. The highest BCUT2D eigenvalue weighted by molar-refractivity contribution is 7.98. The van der Waals surface area contributed by atoms with E-state index in [0.717, 1.165) is 47.2 Å². The van der Waals surface area contributed by atoms with E-state index in [4.69, 9.17) is 4.98 Å². The van der Waals surface area contributed by atoms with Crippen molar-refractivity contribution in [2.24, 2.45) is 5.92 Å². The van der Waals surface area contributed by atoms with Gasteiger partial charge in [-0.25, -0.2) is 4.98 Å². The first kappa shape index (κ1) is 21.9. The van der Waals surface area contributed by atoms with Crippen LogP contribution in [0.5, 0.6) is 0 Å². The molecule has 0 bridgehead atoms. The molecule has 4 aromatic rings. The molecule has 0 amide bonds. The number of nitrogens with zero attached hydrogens (tertiary/aromatic N) is 3. The molecule has 0 spiro atoms. The lowest BCUT2D eigenvalue weighted by Crippen LogP contribution is -2.22. The number of fused-ring (bicyclic) bond motifs is 3. The van der Waals surface area contributed by atoms with Gasteiger partial charge in [-0.1, -0.05) is 55.4 Å². The minimum Gasteiger partial charge on any atom is -0.268 e. The highest BCUT2D eigenvalue weighted by Gasteiger charge is 2.26. The Bertz CT molecular complexity index is 1380. The topological polar surface area (TPSA) is 78.0 Å². The number of rotatable bonds is 6. The number of non-ortho nitro benzene ring substituents is 1. The molecular weight excluding hydrogens is 454 g/mol. The molecule has 0 unspecified atom stereocenters. The number of benzene rings is 2. The molecule has 1 atom stereocenters. The SMILES string of the molecule is CC[C@@H]1CCc2c(sc3nc(SCc4ccc([N+](=O)[O-])cc4)n(-c4ccccc4)c(=O)c23)C1. The molecule has 33 heavy (non-hydrogen) atoms. The zero-order chi connectivity index (χ0) is 22.9. The van der Waals surface area contributed by atoms with Crippen LogP contribution >= 0.6 is 23.1 Å². The number of thiophene rings is 1. The lowest BCUT2D eigenvalue weighted by atomic mass is 9.86. The molecule has 2 aromatic carbocycles. The molecule has 0 saturated carbocycles. The van der Waals surface area contributed by atoms with Crippen LogP contribution in [0.25, 0.3) is 15.9 Å². The predicted molar refractivity (Wildman–Crippen MR) is 134 cm³/mol. The van der Waals surface area contributed by atoms with Gasteiger partial charge in [-0.15, -0.1) is 11.3 Å². The van der Waals surface area contributed by atoms with Gasteiger partial charge in [0.15, 0.2) is 5.16 Å². The molecule has 1 aliphatic rings. The molecule has 2 heterocycles. The van der Waals surface area contributed by atoms with Crippen molar-refractivity contribution in [1.82, 2.24) is 9.55 Å². The average Bonchev–Trinajstić information content (AvgIpc) is 3.21. The molecule has 0 fully saturated rings. The third-order valence-electron chi connectivity index (χ3n) is 6.26. The normalized spacial score (nSPS) is 15.5. The zero-order valence-electron chi connectivity index (χ0n) is 18.2. The minimum atomic E-state index is -0.402. The van der Waals surface area contributed by atoms with E-state index in [2.05, 4.69) is 6.92 Å². The Morgan fingerprint density at radius 1 is 1.18 bits per heavy atom. The lowest BCUT2D eigenvalue weighted by molar-refractivity contribution is -0.384. The van der Waals surface area contributed by atoms with Gasteiger partial charge < -0.3 is 0 Å². The van der Waals surface area contributed by atoms with Crippen LogP contribution in [0.15, 0.2) is 64.5 Å². The third-order valence-corrected chi connectivity index (χ3v) is 8.42. The Labute approximate surface area is 199 Å². The fraction of sp³-hybridized carbons (Fsp3) is 0.280. The Hall–Kier alpha value is -2.97. The summed E-state index contributed by atoms with van der Waals surface area (Å²) < 4.78 is 1.72. The van der Waals surface area contributed by atoms with E-state index >= 15 is 0 Å². The summed E-state index contributed by atoms with van der Waals surface area (Å²) in [5, 5.41) is 12.3. The summed E-state index contributed by atoms with van der Waals surface area (Å²) in [6.07, 6.45) is 4.25. The number of para-hydroxylation sites is 1. The smallest absolute Gasteiger partial charge is 0.268 e. The second-order valence-electron chi connectivity index (χ2n) is 8.28. The lowest BCUT2D eigenvalue weighted by Gasteiger charge is -2.20. The van der Waals surface area contributed by atoms with Gasteiger partial charge >= 0.3 is 0 Å². The maximum Gasteiger partial charge on any atom is 0.269 e. The number of nitro groups is 1. The summed E-state index contributed by atoms with van der Waals surface area (Å²) in [6.45, 7) is 2.23. The van der Waals surface area contributed by atoms with Crippen molar-refractivity contribution < 1.29 is 4.92 Å². The van der Waals surface area contributed by atoms with Crippen molar-refractivity contribution in [3.8, 4) is 5.69 Å². The van der Waals surface area contributed by atoms with E-state index in [1.807, 2.05) is 30.3 Å². The Kier molecular flexibility index (Phi) is 6.03. The molecule has 2 aromatic heterocycles. The van der Waals surface area contributed by atoms with Crippen molar-refractivity contribution >= 4 is 39.0 Å². The molecule has 0 aliphatic heterocycles. The molecular formula is C25H23N3O3S2. The van der Waals surface area contributed by atoms with Crippen LogP contribution in [0.2, 0.25) is 0 Å². The fourth-order valence-electron chi connectivity index (χ4n) is 4.39. The maximum atomic E-state index is 13.8. The van der Waals surface area contributed by atoms with Crippen LogP contribution in [0.1, 0.15) is 35.8 Å². The first-order valence-corrected chi connectivity index (χ1v) is 12.8. The van der Waals surface area contributed by atoms with Crippen molar-refractivity contribution in [3.05, 3.63) is 91.1 Å². The van der Waals surface area contributed by atoms with Crippen molar-refractivity contribution in [2.45, 2.75) is 43.5 Å². The van der Waals surface area contributed by atoms with E-state index in [-0.39, 0.29) is 11.2 Å². The largest absolute Gasteiger partial charge is 0.269 e. The Morgan fingerprint density at radius 3 is 2.64 bits per heavy atom. The van der Waals surface area contributed by atoms with Gasteiger partial charge in [-0.2, -0.15) is 0 Å². The zero-order valence-corrected chi connectivity index (χ0v) is 19.8. The number of hydrogen-bond donors (Lipinski definition) is 0. The molecule has 168 valence electrons. The first-order chi connectivity index (χ1) is 16.0. The molecule has 0 saturated heterocycles. The summed E-state index contributed by atoms with van der Waals surface area (Å²) in [7, 11) is 0. The summed E-state index contributed by atoms with van der Waals surface area (Å²) >= 11 is 3.14. The Morgan fingerprint density at radius 2 is 1.94 bits per heavy atom. The van der Waals surface area contributed by atoms with Crippen LogP contribution in [0.4, 0.5) is 5.69 Å². The van der Waals surface area contributed by atoms with Crippen LogP contribution in [0.3, 0.4) is 0 Å². The van der Waals surface area contributed by atoms with Crippen molar-refractivity contribution in [2.75, 3.05) is 0 Å². The van der Waals surface area contributed by atoms with Crippen LogP contribution < -0.4 is 5.56 Å². The van der Waals surface area contributed by atoms with Crippen LogP contribution in [-0.4, -0.2) is 14.5 Å². The number of hydrogen-bond acceptors (Lipinski definition) is 6. The third kappa shape index (κ3) is 4.20. The summed E-state index contributed by atoms with van der Waals surface area (Å²) in [6, 6.07) is 16.2. The van der Waals surface area contributed by atoms with E-state index in [1.165, 1.54) is 34.3 Å². The predicted octanol–water partition coefficient (Wildman–Crippen LogP) is 6.16. The molecule has 0 radical (unpaired) electrons. The molecule has 1 aliphatic carbocycles. The second-order valence-corrected chi connectivity index (χ2v) is 10.3. The van der Waals surface area contributed by atoms with Crippen molar-refractivity contribution in [3.63, 3.8) is 0 Å². The van der Waals surface area contributed by atoms with E-state index in [0.29, 0.717) is 16.8 Å². The van der Waals surface area contributed by atoms with Crippen LogP contribution in [-0.2, 0) is 18.6 Å². The number of aromatic nitrogens is 2. The quantitative estimate of drug-likeness (QED) is 0.144. The molecule has 6 nitrogen and oxygen atoms in total. The Balaban J connectivity index is 1.58. The molecule has 0 N–H and O–H groups in total. The number of aryl methyl sites for hydroxylation is 1. The van der Waals surface area contributed by atoms with Gasteiger partial charge in [0, 0.05) is 22.8 Å². The van der Waals surface area contributed by atoms with Gasteiger partial charge in [0.25, 0.3) is 11.2 Å².